The van der Waals surface area contributed by atoms with Gasteiger partial charge in [-0.05, 0) is 40.2 Å². The van der Waals surface area contributed by atoms with Gasteiger partial charge in [-0.1, -0.05) is 0 Å². The number of nitrogens with one attached hydrogen (secondary N) is 1. The minimum absolute atomic E-state index is 0.281. The molecular formula is C15H28N4O. The third-order valence-corrected chi connectivity index (χ3v) is 4.34. The van der Waals surface area contributed by atoms with Crippen LogP contribution >= 0.6 is 0 Å². The second kappa shape index (κ2) is 7.09. The first kappa shape index (κ1) is 15.3. The SMILES string of the molecule is CCOCCCn1ccnc1N1CCC(C)(NC)CC1. The number of aromatic nitrogens is 2. The van der Waals surface area contributed by atoms with Crippen LogP contribution in [0.3, 0.4) is 0 Å². The standard InChI is InChI=1S/C15H28N4O/c1-4-20-13-5-9-18-12-8-17-14(18)19-10-6-15(2,16-3)7-11-19/h8,12,16H,4-7,9-11,13H2,1-3H3. The molecule has 0 atom stereocenters. The number of nitrogens with zero attached hydrogens (tertiary/aromatic N) is 3. The average Bonchev–Trinajstić information content (AvgIpc) is 2.93. The molecule has 5 nitrogen and oxygen atoms in total. The number of hydrogen-bond acceptors (Lipinski definition) is 4. The van der Waals surface area contributed by atoms with E-state index in [9.17, 15) is 0 Å². The zero-order valence-corrected chi connectivity index (χ0v) is 13.1. The van der Waals surface area contributed by atoms with Gasteiger partial charge in [0.05, 0.1) is 0 Å². The molecule has 2 rings (SSSR count). The van der Waals surface area contributed by atoms with Gasteiger partial charge in [-0.25, -0.2) is 4.98 Å². The summed E-state index contributed by atoms with van der Waals surface area (Å²) in [4.78, 5) is 6.94. The van der Waals surface area contributed by atoms with Crippen LogP contribution in [0, 0.1) is 0 Å². The van der Waals surface area contributed by atoms with Gasteiger partial charge in [-0.2, -0.15) is 0 Å². The predicted octanol–water partition coefficient (Wildman–Crippen LogP) is 1.89. The van der Waals surface area contributed by atoms with Crippen molar-refractivity contribution in [3.8, 4) is 0 Å². The number of piperidine rings is 1. The third-order valence-electron chi connectivity index (χ3n) is 4.34. The van der Waals surface area contributed by atoms with Gasteiger partial charge in [0.15, 0.2) is 0 Å². The van der Waals surface area contributed by atoms with E-state index in [-0.39, 0.29) is 5.54 Å². The number of aryl methyl sites for hydroxylation is 1. The van der Waals surface area contributed by atoms with Crippen LogP contribution in [0.2, 0.25) is 0 Å². The van der Waals surface area contributed by atoms with E-state index in [0.717, 1.165) is 58.1 Å². The van der Waals surface area contributed by atoms with Crippen LogP contribution in [0.5, 0.6) is 0 Å². The Morgan fingerprint density at radius 1 is 1.40 bits per heavy atom. The maximum absolute atomic E-state index is 5.40. The summed E-state index contributed by atoms with van der Waals surface area (Å²) < 4.78 is 7.65. The number of ether oxygens (including phenoxy) is 1. The molecule has 0 unspecified atom stereocenters. The first-order valence-electron chi connectivity index (χ1n) is 7.71. The Morgan fingerprint density at radius 2 is 2.15 bits per heavy atom. The minimum Gasteiger partial charge on any atom is -0.382 e. The maximum Gasteiger partial charge on any atom is 0.205 e. The lowest BCUT2D eigenvalue weighted by Crippen LogP contribution is -2.50. The fourth-order valence-electron chi connectivity index (χ4n) is 2.69. The summed E-state index contributed by atoms with van der Waals surface area (Å²) in [6.07, 6.45) is 7.35. The highest BCUT2D eigenvalue weighted by atomic mass is 16.5. The molecule has 1 fully saturated rings. The van der Waals surface area contributed by atoms with Gasteiger partial charge in [0.2, 0.25) is 5.95 Å². The van der Waals surface area contributed by atoms with Crippen molar-refractivity contribution in [1.82, 2.24) is 14.9 Å². The fourth-order valence-corrected chi connectivity index (χ4v) is 2.69. The summed E-state index contributed by atoms with van der Waals surface area (Å²) in [6, 6.07) is 0. The van der Waals surface area contributed by atoms with Crippen molar-refractivity contribution in [3.63, 3.8) is 0 Å². The molecule has 2 heterocycles. The van der Waals surface area contributed by atoms with Crippen molar-refractivity contribution in [2.75, 3.05) is 38.3 Å². The Kier molecular flexibility index (Phi) is 5.43. The zero-order chi connectivity index (χ0) is 14.4. The van der Waals surface area contributed by atoms with Crippen LogP contribution in [-0.4, -0.2) is 48.4 Å². The van der Waals surface area contributed by atoms with Gasteiger partial charge < -0.3 is 19.5 Å². The smallest absolute Gasteiger partial charge is 0.205 e. The van der Waals surface area contributed by atoms with E-state index in [4.69, 9.17) is 4.74 Å². The van der Waals surface area contributed by atoms with Gasteiger partial charge in [0.25, 0.3) is 0 Å². The second-order valence-electron chi connectivity index (χ2n) is 5.77. The molecule has 0 amide bonds. The highest BCUT2D eigenvalue weighted by Gasteiger charge is 2.29. The summed E-state index contributed by atoms with van der Waals surface area (Å²) in [5, 5.41) is 3.44. The van der Waals surface area contributed by atoms with E-state index in [1.165, 1.54) is 0 Å². The summed E-state index contributed by atoms with van der Waals surface area (Å²) in [5.41, 5.74) is 0.281. The van der Waals surface area contributed by atoms with E-state index in [1.807, 2.05) is 13.1 Å². The average molecular weight is 280 g/mol. The molecule has 1 aromatic heterocycles. The van der Waals surface area contributed by atoms with Gasteiger partial charge in [-0.15, -0.1) is 0 Å². The summed E-state index contributed by atoms with van der Waals surface area (Å²) in [7, 11) is 2.06. The molecular weight excluding hydrogens is 252 g/mol. The minimum atomic E-state index is 0.281. The summed E-state index contributed by atoms with van der Waals surface area (Å²) >= 11 is 0. The lowest BCUT2D eigenvalue weighted by Gasteiger charge is -2.39. The number of imidazole rings is 1. The fraction of sp³-hybridized carbons (Fsp3) is 0.800. The van der Waals surface area contributed by atoms with Crippen molar-refractivity contribution in [2.45, 2.75) is 45.2 Å². The van der Waals surface area contributed by atoms with Crippen molar-refractivity contribution in [2.24, 2.45) is 0 Å². The van der Waals surface area contributed by atoms with Crippen molar-refractivity contribution in [1.29, 1.82) is 0 Å². The lowest BCUT2D eigenvalue weighted by molar-refractivity contribution is 0.141. The van der Waals surface area contributed by atoms with Crippen LogP contribution in [0.15, 0.2) is 12.4 Å². The Balaban J connectivity index is 1.89. The Hall–Kier alpha value is -1.07. The molecule has 114 valence electrons. The highest BCUT2D eigenvalue weighted by Crippen LogP contribution is 2.24. The van der Waals surface area contributed by atoms with Crippen LogP contribution < -0.4 is 10.2 Å². The monoisotopic (exact) mass is 280 g/mol. The maximum atomic E-state index is 5.40. The number of rotatable bonds is 7. The normalized spacial score (nSPS) is 18.4. The summed E-state index contributed by atoms with van der Waals surface area (Å²) in [5.74, 6) is 1.11. The van der Waals surface area contributed by atoms with Crippen LogP contribution in [0.25, 0.3) is 0 Å². The Labute approximate surface area is 122 Å². The molecule has 1 saturated heterocycles. The first-order chi connectivity index (χ1) is 9.68. The van der Waals surface area contributed by atoms with E-state index >= 15 is 0 Å². The van der Waals surface area contributed by atoms with Crippen molar-refractivity contribution >= 4 is 5.95 Å². The number of anilines is 1. The zero-order valence-electron chi connectivity index (χ0n) is 13.1. The lowest BCUT2D eigenvalue weighted by atomic mass is 9.90. The highest BCUT2D eigenvalue weighted by molar-refractivity contribution is 5.32. The molecule has 0 saturated carbocycles. The number of hydrogen-bond donors (Lipinski definition) is 1. The second-order valence-corrected chi connectivity index (χ2v) is 5.77. The molecule has 0 aliphatic carbocycles. The molecule has 5 heteroatoms. The quantitative estimate of drug-likeness (QED) is 0.775. The Bertz CT molecular complexity index is 396. The molecule has 1 aliphatic rings. The van der Waals surface area contributed by atoms with Crippen molar-refractivity contribution < 1.29 is 4.74 Å². The molecule has 0 spiro atoms. The van der Waals surface area contributed by atoms with Gasteiger partial charge in [-0.3, -0.25) is 0 Å². The molecule has 0 radical (unpaired) electrons. The van der Waals surface area contributed by atoms with Gasteiger partial charge >= 0.3 is 0 Å². The van der Waals surface area contributed by atoms with E-state index in [1.54, 1.807) is 0 Å². The van der Waals surface area contributed by atoms with E-state index in [2.05, 4.69) is 39.9 Å². The van der Waals surface area contributed by atoms with Crippen LogP contribution in [0.4, 0.5) is 5.95 Å². The molecule has 20 heavy (non-hydrogen) atoms. The molecule has 0 bridgehead atoms. The summed E-state index contributed by atoms with van der Waals surface area (Å²) in [6.45, 7) is 9.08. The Morgan fingerprint density at radius 3 is 2.80 bits per heavy atom. The first-order valence-corrected chi connectivity index (χ1v) is 7.71. The predicted molar refractivity (Wildman–Crippen MR) is 82.2 cm³/mol. The molecule has 1 aromatic rings. The van der Waals surface area contributed by atoms with E-state index < -0.39 is 0 Å². The van der Waals surface area contributed by atoms with Gasteiger partial charge in [0.1, 0.15) is 0 Å². The third kappa shape index (κ3) is 3.73. The van der Waals surface area contributed by atoms with Crippen molar-refractivity contribution in [3.05, 3.63) is 12.4 Å². The van der Waals surface area contributed by atoms with Gasteiger partial charge in [0, 0.05) is 50.8 Å². The molecule has 1 aliphatic heterocycles. The van der Waals surface area contributed by atoms with Crippen LogP contribution in [-0.2, 0) is 11.3 Å². The molecule has 1 N–H and O–H groups in total. The largest absolute Gasteiger partial charge is 0.382 e. The topological polar surface area (TPSA) is 42.3 Å². The van der Waals surface area contributed by atoms with E-state index in [0.29, 0.717) is 0 Å². The molecule has 0 aromatic carbocycles. The van der Waals surface area contributed by atoms with Crippen LogP contribution in [0.1, 0.15) is 33.1 Å².